The van der Waals surface area contributed by atoms with Crippen LogP contribution in [0.3, 0.4) is 0 Å². The van der Waals surface area contributed by atoms with Gasteiger partial charge in [-0.1, -0.05) is 12.1 Å². The van der Waals surface area contributed by atoms with Crippen LogP contribution in [0.2, 0.25) is 0 Å². The van der Waals surface area contributed by atoms with E-state index in [0.29, 0.717) is 31.9 Å². The number of morpholine rings is 1. The third kappa shape index (κ3) is 4.40. The van der Waals surface area contributed by atoms with Crippen molar-refractivity contribution < 1.29 is 19.6 Å². The van der Waals surface area contributed by atoms with E-state index < -0.39 is 5.97 Å². The number of rotatable bonds is 6. The first-order valence-electron chi connectivity index (χ1n) is 7.39. The van der Waals surface area contributed by atoms with Crippen LogP contribution in [0.4, 0.5) is 11.4 Å². The van der Waals surface area contributed by atoms with E-state index in [9.17, 15) is 14.9 Å². The Kier molecular flexibility index (Phi) is 5.51. The van der Waals surface area contributed by atoms with Crippen LogP contribution < -0.4 is 4.90 Å². The smallest absolute Gasteiger partial charge is 0.317 e. The van der Waals surface area contributed by atoms with Crippen LogP contribution in [-0.2, 0) is 9.53 Å². The third-order valence-electron chi connectivity index (χ3n) is 3.79. The number of carbonyl (C=O) groups is 1. The van der Waals surface area contributed by atoms with Gasteiger partial charge in [-0.3, -0.25) is 19.8 Å². The Hall–Kier alpha value is -2.19. The fourth-order valence-electron chi connectivity index (χ4n) is 2.88. The molecule has 0 spiro atoms. The maximum absolute atomic E-state index is 11.3. The lowest BCUT2D eigenvalue weighted by Gasteiger charge is -2.36. The molecule has 0 aliphatic carbocycles. The number of nitro groups is 1. The highest BCUT2D eigenvalue weighted by Gasteiger charge is 2.28. The van der Waals surface area contributed by atoms with Gasteiger partial charge in [0.05, 0.1) is 24.2 Å². The third-order valence-corrected chi connectivity index (χ3v) is 3.79. The summed E-state index contributed by atoms with van der Waals surface area (Å²) in [5.41, 5.74) is 1.55. The molecule has 0 bridgehead atoms. The number of hydrogen-bond acceptors (Lipinski definition) is 6. The molecular formula is C15H21N3O5. The average molecular weight is 323 g/mol. The van der Waals surface area contributed by atoms with Crippen molar-refractivity contribution in [1.82, 2.24) is 4.90 Å². The highest BCUT2D eigenvalue weighted by Crippen LogP contribution is 2.32. The molecule has 2 rings (SSSR count). The molecule has 0 radical (unpaired) electrons. The summed E-state index contributed by atoms with van der Waals surface area (Å²) in [7, 11) is 1.71. The second kappa shape index (κ2) is 7.38. The first-order valence-corrected chi connectivity index (χ1v) is 7.39. The number of aliphatic carboxylic acids is 1. The van der Waals surface area contributed by atoms with Crippen molar-refractivity contribution in [1.29, 1.82) is 0 Å². The largest absolute Gasteiger partial charge is 0.480 e. The quantitative estimate of drug-likeness (QED) is 0.619. The second-order valence-corrected chi connectivity index (χ2v) is 5.73. The molecule has 1 fully saturated rings. The van der Waals surface area contributed by atoms with Crippen LogP contribution in [0.15, 0.2) is 18.2 Å². The van der Waals surface area contributed by atoms with E-state index in [1.807, 2.05) is 17.9 Å². The maximum Gasteiger partial charge on any atom is 0.317 e. The molecule has 1 heterocycles. The van der Waals surface area contributed by atoms with E-state index in [1.54, 1.807) is 18.0 Å². The van der Waals surface area contributed by atoms with Crippen LogP contribution in [-0.4, -0.2) is 66.8 Å². The molecule has 1 unspecified atom stereocenters. The van der Waals surface area contributed by atoms with Crippen LogP contribution in [0.25, 0.3) is 0 Å². The summed E-state index contributed by atoms with van der Waals surface area (Å²) in [6.07, 6.45) is -0.188. The first kappa shape index (κ1) is 17.2. The minimum absolute atomic E-state index is 0.0651. The van der Waals surface area contributed by atoms with Gasteiger partial charge in [0.2, 0.25) is 0 Å². The summed E-state index contributed by atoms with van der Waals surface area (Å²) in [4.78, 5) is 25.3. The molecule has 1 N–H and O–H groups in total. The van der Waals surface area contributed by atoms with Gasteiger partial charge in [0, 0.05) is 25.7 Å². The Bertz CT molecular complexity index is 592. The topological polar surface area (TPSA) is 96.2 Å². The van der Waals surface area contributed by atoms with Gasteiger partial charge in [0.15, 0.2) is 0 Å². The van der Waals surface area contributed by atoms with Crippen molar-refractivity contribution in [2.24, 2.45) is 0 Å². The Morgan fingerprint density at radius 1 is 1.57 bits per heavy atom. The summed E-state index contributed by atoms with van der Waals surface area (Å²) in [6.45, 7) is 3.77. The number of para-hydroxylation sites is 1. The SMILES string of the molecule is Cc1cccc([N+](=O)[O-])c1N1CCOC(CN(C)CC(=O)O)C1. The molecular weight excluding hydrogens is 302 g/mol. The molecule has 1 aliphatic rings. The predicted molar refractivity (Wildman–Crippen MR) is 84.9 cm³/mol. The van der Waals surface area contributed by atoms with Gasteiger partial charge in [-0.2, -0.15) is 0 Å². The zero-order valence-corrected chi connectivity index (χ0v) is 13.3. The lowest BCUT2D eigenvalue weighted by Crippen LogP contribution is -2.48. The fourth-order valence-corrected chi connectivity index (χ4v) is 2.88. The summed E-state index contributed by atoms with van der Waals surface area (Å²) in [5, 5.41) is 20.1. The number of carboxylic acid groups (broad SMARTS) is 1. The standard InChI is InChI=1S/C15H21N3O5/c1-11-4-3-5-13(18(21)22)15(11)17-6-7-23-12(9-17)8-16(2)10-14(19)20/h3-5,12H,6-10H2,1-2H3,(H,19,20). The van der Waals surface area contributed by atoms with Crippen molar-refractivity contribution in [3.8, 4) is 0 Å². The van der Waals surface area contributed by atoms with Gasteiger partial charge >= 0.3 is 5.97 Å². The molecule has 126 valence electrons. The monoisotopic (exact) mass is 323 g/mol. The molecule has 0 amide bonds. The summed E-state index contributed by atoms with van der Waals surface area (Å²) in [5.74, 6) is -0.894. The number of carboxylic acids is 1. The number of aryl methyl sites for hydroxylation is 1. The van der Waals surface area contributed by atoms with E-state index in [0.717, 1.165) is 5.56 Å². The molecule has 8 heteroatoms. The van der Waals surface area contributed by atoms with E-state index in [-0.39, 0.29) is 23.3 Å². The highest BCUT2D eigenvalue weighted by molar-refractivity contribution is 5.69. The van der Waals surface area contributed by atoms with Crippen molar-refractivity contribution in [3.05, 3.63) is 33.9 Å². The van der Waals surface area contributed by atoms with Gasteiger partial charge in [-0.25, -0.2) is 0 Å². The fraction of sp³-hybridized carbons (Fsp3) is 0.533. The van der Waals surface area contributed by atoms with Crippen LogP contribution in [0.5, 0.6) is 0 Å². The minimum Gasteiger partial charge on any atom is -0.480 e. The average Bonchev–Trinajstić information content (AvgIpc) is 2.46. The van der Waals surface area contributed by atoms with Gasteiger partial charge < -0.3 is 14.7 Å². The Labute approximate surface area is 134 Å². The molecule has 1 saturated heterocycles. The number of anilines is 1. The Morgan fingerprint density at radius 2 is 2.30 bits per heavy atom. The van der Waals surface area contributed by atoms with E-state index in [1.165, 1.54) is 6.07 Å². The highest BCUT2D eigenvalue weighted by atomic mass is 16.6. The van der Waals surface area contributed by atoms with Crippen molar-refractivity contribution in [2.45, 2.75) is 13.0 Å². The number of likely N-dealkylation sites (N-methyl/N-ethyl adjacent to an activating group) is 1. The first-order chi connectivity index (χ1) is 10.9. The summed E-state index contributed by atoms with van der Waals surface area (Å²) >= 11 is 0. The summed E-state index contributed by atoms with van der Waals surface area (Å²) in [6, 6.07) is 5.03. The molecule has 0 saturated carbocycles. The Balaban J connectivity index is 2.13. The van der Waals surface area contributed by atoms with Crippen LogP contribution in [0, 0.1) is 17.0 Å². The van der Waals surface area contributed by atoms with Gasteiger partial charge in [-0.15, -0.1) is 0 Å². The number of ether oxygens (including phenoxy) is 1. The molecule has 1 aliphatic heterocycles. The molecule has 1 aromatic rings. The number of nitro benzene ring substituents is 1. The van der Waals surface area contributed by atoms with Crippen LogP contribution >= 0.6 is 0 Å². The molecule has 0 aromatic heterocycles. The number of nitrogens with zero attached hydrogens (tertiary/aromatic N) is 3. The lowest BCUT2D eigenvalue weighted by molar-refractivity contribution is -0.384. The molecule has 1 aromatic carbocycles. The van der Waals surface area contributed by atoms with Crippen molar-refractivity contribution in [2.75, 3.05) is 44.7 Å². The lowest BCUT2D eigenvalue weighted by atomic mass is 10.1. The molecule has 1 atom stereocenters. The van der Waals surface area contributed by atoms with Crippen molar-refractivity contribution >= 4 is 17.3 Å². The molecule has 8 nitrogen and oxygen atoms in total. The second-order valence-electron chi connectivity index (χ2n) is 5.73. The number of benzene rings is 1. The summed E-state index contributed by atoms with van der Waals surface area (Å²) < 4.78 is 5.68. The Morgan fingerprint density at radius 3 is 2.96 bits per heavy atom. The molecule has 23 heavy (non-hydrogen) atoms. The zero-order chi connectivity index (χ0) is 17.0. The van der Waals surface area contributed by atoms with Crippen LogP contribution in [0.1, 0.15) is 5.56 Å². The van der Waals surface area contributed by atoms with Gasteiger partial charge in [0.1, 0.15) is 5.69 Å². The predicted octanol–water partition coefficient (Wildman–Crippen LogP) is 1.12. The van der Waals surface area contributed by atoms with Gasteiger partial charge in [-0.05, 0) is 19.5 Å². The van der Waals surface area contributed by atoms with Crippen molar-refractivity contribution in [3.63, 3.8) is 0 Å². The number of hydrogen-bond donors (Lipinski definition) is 1. The van der Waals surface area contributed by atoms with E-state index in [4.69, 9.17) is 9.84 Å². The van der Waals surface area contributed by atoms with Gasteiger partial charge in [0.25, 0.3) is 5.69 Å². The van der Waals surface area contributed by atoms with E-state index in [2.05, 4.69) is 0 Å². The normalized spacial score (nSPS) is 18.2. The minimum atomic E-state index is -0.894. The zero-order valence-electron chi connectivity index (χ0n) is 13.3. The maximum atomic E-state index is 11.3. The van der Waals surface area contributed by atoms with E-state index >= 15 is 0 Å².